The van der Waals surface area contributed by atoms with Gasteiger partial charge >= 0.3 is 5.92 Å². The third-order valence-corrected chi connectivity index (χ3v) is 8.13. The zero-order chi connectivity index (χ0) is 32.3. The maximum absolute atomic E-state index is 14.9. The third-order valence-electron chi connectivity index (χ3n) is 8.13. The molecule has 46 heavy (non-hydrogen) atoms. The summed E-state index contributed by atoms with van der Waals surface area (Å²) in [5.41, 5.74) is 2.01. The van der Waals surface area contributed by atoms with Crippen LogP contribution < -0.4 is 19.7 Å². The number of aliphatic hydroxyl groups is 1. The van der Waals surface area contributed by atoms with Crippen molar-refractivity contribution in [1.29, 1.82) is 5.26 Å². The molecule has 1 unspecified atom stereocenters. The average Bonchev–Trinajstić information content (AvgIpc) is 3.03. The molecule has 1 amide bonds. The highest BCUT2D eigenvalue weighted by Crippen LogP contribution is 2.35. The SMILES string of the molecule is COc1nc(Nc2cc(-c3ccc(OC4CCN(C(=O)[C@H](C)O)CC4(F)F)c(C#N)c3)ncn2)ccc1N1CCN(C)[C@H](C)C1.Cl. The molecule has 4 heterocycles. The Hall–Kier alpha value is -4.32. The van der Waals surface area contributed by atoms with Gasteiger partial charge in [0.05, 0.1) is 24.9 Å². The Kier molecular flexibility index (Phi) is 10.8. The first-order valence-electron chi connectivity index (χ1n) is 14.6. The van der Waals surface area contributed by atoms with E-state index < -0.39 is 30.6 Å². The van der Waals surface area contributed by atoms with E-state index in [0.717, 1.165) is 30.2 Å². The van der Waals surface area contributed by atoms with Crippen molar-refractivity contribution in [2.75, 3.05) is 57.1 Å². The van der Waals surface area contributed by atoms with Crippen LogP contribution in [0, 0.1) is 11.3 Å². The van der Waals surface area contributed by atoms with Gasteiger partial charge in [-0.15, -0.1) is 12.4 Å². The number of rotatable bonds is 8. The van der Waals surface area contributed by atoms with Crippen LogP contribution >= 0.6 is 12.4 Å². The lowest BCUT2D eigenvalue weighted by atomic mass is 10.0. The van der Waals surface area contributed by atoms with Crippen LogP contribution in [0.3, 0.4) is 0 Å². The summed E-state index contributed by atoms with van der Waals surface area (Å²) in [7, 11) is 3.70. The summed E-state index contributed by atoms with van der Waals surface area (Å²) < 4.78 is 41.0. The molecule has 2 aromatic heterocycles. The van der Waals surface area contributed by atoms with E-state index in [1.54, 1.807) is 19.2 Å². The molecule has 0 bridgehead atoms. The minimum absolute atomic E-state index is 0. The van der Waals surface area contributed by atoms with Crippen LogP contribution in [0.25, 0.3) is 11.3 Å². The molecule has 246 valence electrons. The van der Waals surface area contributed by atoms with Gasteiger partial charge in [0.1, 0.15) is 41.6 Å². The summed E-state index contributed by atoms with van der Waals surface area (Å²) in [6.07, 6.45) is -1.70. The highest BCUT2D eigenvalue weighted by molar-refractivity contribution is 5.85. The summed E-state index contributed by atoms with van der Waals surface area (Å²) in [6.45, 7) is 5.20. The second-order valence-corrected chi connectivity index (χ2v) is 11.3. The Balaban J connectivity index is 0.00000480. The van der Waals surface area contributed by atoms with Crippen molar-refractivity contribution >= 4 is 35.6 Å². The molecule has 3 atom stereocenters. The molecule has 0 radical (unpaired) electrons. The van der Waals surface area contributed by atoms with E-state index in [9.17, 15) is 23.9 Å². The van der Waals surface area contributed by atoms with Crippen LogP contribution in [0.4, 0.5) is 26.1 Å². The fraction of sp³-hybridized carbons (Fsp3) is 0.452. The number of benzene rings is 1. The Morgan fingerprint density at radius 2 is 1.96 bits per heavy atom. The maximum atomic E-state index is 14.9. The fourth-order valence-corrected chi connectivity index (χ4v) is 5.43. The highest BCUT2D eigenvalue weighted by atomic mass is 35.5. The second-order valence-electron chi connectivity index (χ2n) is 11.3. The summed E-state index contributed by atoms with van der Waals surface area (Å²) >= 11 is 0. The van der Waals surface area contributed by atoms with Gasteiger partial charge < -0.3 is 34.6 Å². The summed E-state index contributed by atoms with van der Waals surface area (Å²) in [6, 6.07) is 12.5. The quantitative estimate of drug-likeness (QED) is 0.366. The minimum atomic E-state index is -3.38. The maximum Gasteiger partial charge on any atom is 0.301 e. The number of nitrogens with one attached hydrogen (secondary N) is 1. The molecule has 2 aliphatic heterocycles. The number of aromatic nitrogens is 3. The normalized spacial score (nSPS) is 20.2. The molecule has 3 aromatic rings. The van der Waals surface area contributed by atoms with Gasteiger partial charge in [-0.2, -0.15) is 10.2 Å². The van der Waals surface area contributed by atoms with Crippen molar-refractivity contribution in [2.24, 2.45) is 0 Å². The van der Waals surface area contributed by atoms with E-state index in [4.69, 9.17) is 9.47 Å². The molecular weight excluding hydrogens is 622 g/mol. The van der Waals surface area contributed by atoms with Gasteiger partial charge in [-0.25, -0.2) is 18.7 Å². The van der Waals surface area contributed by atoms with Crippen molar-refractivity contribution in [2.45, 2.75) is 44.4 Å². The Bertz CT molecular complexity index is 1590. The lowest BCUT2D eigenvalue weighted by Crippen LogP contribution is -2.56. The molecule has 1 aromatic carbocycles. The molecule has 15 heteroatoms. The molecule has 2 N–H and O–H groups in total. The number of halogens is 3. The topological polar surface area (TPSA) is 140 Å². The smallest absolute Gasteiger partial charge is 0.301 e. The molecule has 2 saturated heterocycles. The first-order valence-corrected chi connectivity index (χ1v) is 14.6. The number of carbonyl (C=O) groups is 1. The van der Waals surface area contributed by atoms with Crippen LogP contribution in [-0.4, -0.2) is 107 Å². The van der Waals surface area contributed by atoms with Crippen molar-refractivity contribution in [3.63, 3.8) is 0 Å². The van der Waals surface area contributed by atoms with Gasteiger partial charge in [-0.1, -0.05) is 0 Å². The number of nitriles is 1. The number of aliphatic hydroxyl groups excluding tert-OH is 1. The van der Waals surface area contributed by atoms with E-state index in [2.05, 4.69) is 44.0 Å². The van der Waals surface area contributed by atoms with E-state index in [1.807, 2.05) is 18.2 Å². The molecule has 0 spiro atoms. The molecule has 0 aliphatic carbocycles. The van der Waals surface area contributed by atoms with Gasteiger partial charge in [0.15, 0.2) is 6.10 Å². The number of likely N-dealkylation sites (N-methyl/N-ethyl adjacent to an activating group) is 1. The molecule has 2 fully saturated rings. The van der Waals surface area contributed by atoms with Crippen molar-refractivity contribution in [3.8, 4) is 29.0 Å². The summed E-state index contributed by atoms with van der Waals surface area (Å²) in [5, 5.41) is 22.5. The molecule has 12 nitrogen and oxygen atoms in total. The monoisotopic (exact) mass is 658 g/mol. The number of likely N-dealkylation sites (tertiary alicyclic amines) is 1. The highest BCUT2D eigenvalue weighted by Gasteiger charge is 2.48. The Morgan fingerprint density at radius 3 is 2.63 bits per heavy atom. The van der Waals surface area contributed by atoms with Crippen LogP contribution in [0.2, 0.25) is 0 Å². The lowest BCUT2D eigenvalue weighted by Gasteiger charge is -2.39. The first-order chi connectivity index (χ1) is 21.5. The number of nitrogens with zero attached hydrogens (tertiary/aromatic N) is 7. The van der Waals surface area contributed by atoms with Gasteiger partial charge in [0, 0.05) is 50.3 Å². The number of carbonyl (C=O) groups excluding carboxylic acids is 1. The Morgan fingerprint density at radius 1 is 1.17 bits per heavy atom. The van der Waals surface area contributed by atoms with E-state index in [-0.39, 0.29) is 36.7 Å². The van der Waals surface area contributed by atoms with Crippen LogP contribution in [-0.2, 0) is 4.79 Å². The second kappa shape index (κ2) is 14.4. The van der Waals surface area contributed by atoms with E-state index >= 15 is 0 Å². The summed E-state index contributed by atoms with van der Waals surface area (Å²) in [4.78, 5) is 30.7. The van der Waals surface area contributed by atoms with Crippen molar-refractivity contribution < 1.29 is 28.2 Å². The number of piperazine rings is 1. The predicted octanol–water partition coefficient (Wildman–Crippen LogP) is 3.72. The number of amides is 1. The number of alkyl halides is 2. The minimum Gasteiger partial charge on any atom is -0.483 e. The first kappa shape index (κ1) is 34.6. The van der Waals surface area contributed by atoms with Gasteiger partial charge in [0.2, 0.25) is 5.88 Å². The predicted molar refractivity (Wildman–Crippen MR) is 170 cm³/mol. The number of ether oxygens (including phenoxy) is 2. The number of piperidine rings is 1. The molecular formula is C31H37ClF2N8O4. The van der Waals surface area contributed by atoms with Crippen LogP contribution in [0.1, 0.15) is 25.8 Å². The van der Waals surface area contributed by atoms with Gasteiger partial charge in [0.25, 0.3) is 5.91 Å². The lowest BCUT2D eigenvalue weighted by molar-refractivity contribution is -0.165. The zero-order valence-corrected chi connectivity index (χ0v) is 26.8. The molecule has 5 rings (SSSR count). The number of methoxy groups -OCH3 is 1. The van der Waals surface area contributed by atoms with E-state index in [0.29, 0.717) is 34.8 Å². The standard InChI is InChI=1S/C31H36F2N8O4.ClH/c1-19-16-40(12-11-39(19)3)24-6-8-27(38-29(24)44-4)37-28-14-23(35-18-36-28)21-5-7-25(22(13-21)15-34)45-26-9-10-41(17-31(26,32)33)30(43)20(2)42;/h5-8,13-14,18-20,26,42H,9-12,16-17H2,1-4H3,(H,35,36,37,38);1H/t19-,20+,26?;/m1./s1. The van der Waals surface area contributed by atoms with Gasteiger partial charge in [-0.05, 0) is 51.2 Å². The molecule has 2 aliphatic rings. The Labute approximate surface area is 272 Å². The molecule has 0 saturated carbocycles. The van der Waals surface area contributed by atoms with Gasteiger partial charge in [-0.3, -0.25) is 4.79 Å². The van der Waals surface area contributed by atoms with Crippen LogP contribution in [0.5, 0.6) is 11.6 Å². The zero-order valence-electron chi connectivity index (χ0n) is 26.0. The largest absolute Gasteiger partial charge is 0.483 e. The fourth-order valence-electron chi connectivity index (χ4n) is 5.43. The van der Waals surface area contributed by atoms with Crippen molar-refractivity contribution in [3.05, 3.63) is 48.3 Å². The van der Waals surface area contributed by atoms with Crippen molar-refractivity contribution in [1.82, 2.24) is 24.8 Å². The third kappa shape index (κ3) is 7.55. The number of anilines is 3. The average molecular weight is 659 g/mol. The number of hydrogen-bond acceptors (Lipinski definition) is 11. The number of pyridine rings is 1. The summed E-state index contributed by atoms with van der Waals surface area (Å²) in [5.74, 6) is -2.68. The van der Waals surface area contributed by atoms with E-state index in [1.165, 1.54) is 25.4 Å². The number of hydrogen-bond donors (Lipinski definition) is 2. The van der Waals surface area contributed by atoms with Crippen LogP contribution in [0.15, 0.2) is 42.7 Å².